The van der Waals surface area contributed by atoms with E-state index in [-0.39, 0.29) is 35.8 Å². The summed E-state index contributed by atoms with van der Waals surface area (Å²) in [6, 6.07) is 17.4. The van der Waals surface area contributed by atoms with E-state index in [2.05, 4.69) is 65.0 Å². The fourth-order valence-corrected chi connectivity index (χ4v) is 4.89. The summed E-state index contributed by atoms with van der Waals surface area (Å²) in [6.45, 7) is 8.69. The predicted molar refractivity (Wildman–Crippen MR) is 151 cm³/mol. The van der Waals surface area contributed by atoms with Crippen LogP contribution in [-0.4, -0.2) is 42.4 Å². The van der Waals surface area contributed by atoms with Gasteiger partial charge in [-0.1, -0.05) is 48.9 Å². The third-order valence-corrected chi connectivity index (χ3v) is 6.81. The third-order valence-electron chi connectivity index (χ3n) is 6.81. The number of piperidine rings is 1. The van der Waals surface area contributed by atoms with E-state index >= 15 is 0 Å². The minimum Gasteiger partial charge on any atom is -0.357 e. The number of anilines is 1. The van der Waals surface area contributed by atoms with Crippen molar-refractivity contribution >= 4 is 41.5 Å². The molecule has 0 aliphatic carbocycles. The van der Waals surface area contributed by atoms with Crippen molar-refractivity contribution in [3.63, 3.8) is 0 Å². The highest BCUT2D eigenvalue weighted by Crippen LogP contribution is 2.31. The average Bonchev–Trinajstić information content (AvgIpc) is 2.83. The number of carbonyl (C=O) groups is 1. The zero-order valence-corrected chi connectivity index (χ0v) is 22.7. The van der Waals surface area contributed by atoms with E-state index < -0.39 is 0 Å². The first-order valence-electron chi connectivity index (χ1n) is 12.4. The zero-order valence-electron chi connectivity index (χ0n) is 20.3. The van der Waals surface area contributed by atoms with Crippen LogP contribution >= 0.6 is 24.0 Å². The standard InChI is InChI=1S/C27H37N5O.HI/c1-3-28-27(30-18-23-16-26(33)31-25-14-7-6-13-24(23)25)29-17-21-11-4-5-12-22(21)19-32-15-9-8-10-20(32)2;/h4-7,11-14,20,23H,3,8-10,15-19H2,1-2H3,(H,31,33)(H2,28,29,30);1H. The molecule has 2 aliphatic heterocycles. The van der Waals surface area contributed by atoms with Crippen molar-refractivity contribution in [1.82, 2.24) is 15.5 Å². The van der Waals surface area contributed by atoms with Crippen molar-refractivity contribution in [2.75, 3.05) is 25.0 Å². The van der Waals surface area contributed by atoms with Gasteiger partial charge in [0, 0.05) is 43.7 Å². The molecule has 184 valence electrons. The second-order valence-corrected chi connectivity index (χ2v) is 9.20. The average molecular weight is 576 g/mol. The normalized spacial score (nSPS) is 20.6. The van der Waals surface area contributed by atoms with E-state index in [1.807, 2.05) is 18.2 Å². The minimum absolute atomic E-state index is 0. The van der Waals surface area contributed by atoms with Gasteiger partial charge in [-0.3, -0.25) is 9.69 Å². The molecule has 2 aliphatic rings. The lowest BCUT2D eigenvalue weighted by Gasteiger charge is -2.33. The number of guanidine groups is 1. The molecule has 1 fully saturated rings. The van der Waals surface area contributed by atoms with Gasteiger partial charge in [0.1, 0.15) is 0 Å². The van der Waals surface area contributed by atoms with Gasteiger partial charge in [-0.25, -0.2) is 4.99 Å². The molecule has 2 aromatic carbocycles. The number of hydrogen-bond donors (Lipinski definition) is 3. The van der Waals surface area contributed by atoms with Crippen LogP contribution in [0.25, 0.3) is 0 Å². The van der Waals surface area contributed by atoms with E-state index in [1.165, 1.54) is 42.5 Å². The maximum Gasteiger partial charge on any atom is 0.225 e. The van der Waals surface area contributed by atoms with Gasteiger partial charge < -0.3 is 16.0 Å². The molecule has 2 atom stereocenters. The Hall–Kier alpha value is -2.13. The van der Waals surface area contributed by atoms with Crippen LogP contribution < -0.4 is 16.0 Å². The molecule has 2 heterocycles. The summed E-state index contributed by atoms with van der Waals surface area (Å²) in [5.41, 5.74) is 4.74. The molecule has 1 amide bonds. The summed E-state index contributed by atoms with van der Waals surface area (Å²) in [7, 11) is 0. The first-order valence-corrected chi connectivity index (χ1v) is 12.4. The second-order valence-electron chi connectivity index (χ2n) is 9.20. The smallest absolute Gasteiger partial charge is 0.225 e. The number of nitrogens with zero attached hydrogens (tertiary/aromatic N) is 2. The van der Waals surface area contributed by atoms with Gasteiger partial charge >= 0.3 is 0 Å². The molecule has 0 bridgehead atoms. The molecule has 2 unspecified atom stereocenters. The monoisotopic (exact) mass is 575 g/mol. The second kappa shape index (κ2) is 13.1. The van der Waals surface area contributed by atoms with Gasteiger partial charge in [0.25, 0.3) is 0 Å². The maximum absolute atomic E-state index is 12.2. The summed E-state index contributed by atoms with van der Waals surface area (Å²) >= 11 is 0. The van der Waals surface area contributed by atoms with E-state index in [1.54, 1.807) is 0 Å². The number of amides is 1. The molecular formula is C27H38IN5O. The predicted octanol–water partition coefficient (Wildman–Crippen LogP) is 4.86. The van der Waals surface area contributed by atoms with Crippen LogP contribution in [0.5, 0.6) is 0 Å². The zero-order chi connectivity index (χ0) is 23.0. The Morgan fingerprint density at radius 3 is 2.65 bits per heavy atom. The van der Waals surface area contributed by atoms with Gasteiger partial charge in [-0.15, -0.1) is 24.0 Å². The maximum atomic E-state index is 12.2. The Kier molecular flexibility index (Phi) is 10.2. The fraction of sp³-hybridized carbons (Fsp3) is 0.481. The molecule has 4 rings (SSSR count). The van der Waals surface area contributed by atoms with E-state index in [4.69, 9.17) is 4.99 Å². The van der Waals surface area contributed by atoms with Gasteiger partial charge in [0.2, 0.25) is 5.91 Å². The van der Waals surface area contributed by atoms with E-state index in [9.17, 15) is 4.79 Å². The number of nitrogens with one attached hydrogen (secondary N) is 3. The van der Waals surface area contributed by atoms with Crippen molar-refractivity contribution in [3.05, 3.63) is 65.2 Å². The van der Waals surface area contributed by atoms with Gasteiger partial charge in [-0.2, -0.15) is 0 Å². The van der Waals surface area contributed by atoms with Crippen LogP contribution in [0.15, 0.2) is 53.5 Å². The fourth-order valence-electron chi connectivity index (χ4n) is 4.89. The van der Waals surface area contributed by atoms with Crippen LogP contribution in [0, 0.1) is 0 Å². The van der Waals surface area contributed by atoms with Gasteiger partial charge in [0.05, 0.1) is 6.54 Å². The Morgan fingerprint density at radius 2 is 1.85 bits per heavy atom. The number of likely N-dealkylation sites (tertiary alicyclic amines) is 1. The summed E-state index contributed by atoms with van der Waals surface area (Å²) in [5.74, 6) is 0.997. The first-order chi connectivity index (χ1) is 16.1. The number of carbonyl (C=O) groups excluding carboxylic acids is 1. The molecular weight excluding hydrogens is 537 g/mol. The quantitative estimate of drug-likeness (QED) is 0.251. The summed E-state index contributed by atoms with van der Waals surface area (Å²) in [5, 5.41) is 9.82. The minimum atomic E-state index is 0. The molecule has 0 spiro atoms. The molecule has 0 aromatic heterocycles. The van der Waals surface area contributed by atoms with Crippen molar-refractivity contribution in [3.8, 4) is 0 Å². The van der Waals surface area contributed by atoms with Crippen LogP contribution in [-0.2, 0) is 17.9 Å². The van der Waals surface area contributed by atoms with Crippen LogP contribution in [0.3, 0.4) is 0 Å². The number of rotatable bonds is 7. The first kappa shape index (κ1) is 26.5. The number of fused-ring (bicyclic) bond motifs is 1. The Bertz CT molecular complexity index is 979. The molecule has 34 heavy (non-hydrogen) atoms. The van der Waals surface area contributed by atoms with Gasteiger partial charge in [0.15, 0.2) is 5.96 Å². The van der Waals surface area contributed by atoms with Crippen molar-refractivity contribution in [2.24, 2.45) is 4.99 Å². The lowest BCUT2D eigenvalue weighted by atomic mass is 9.90. The van der Waals surface area contributed by atoms with E-state index in [0.29, 0.717) is 25.6 Å². The van der Waals surface area contributed by atoms with Crippen LogP contribution in [0.4, 0.5) is 5.69 Å². The Morgan fingerprint density at radius 1 is 1.09 bits per heavy atom. The largest absolute Gasteiger partial charge is 0.357 e. The van der Waals surface area contributed by atoms with Gasteiger partial charge in [-0.05, 0) is 56.0 Å². The Labute approximate surface area is 221 Å². The highest BCUT2D eigenvalue weighted by Gasteiger charge is 2.25. The number of hydrogen-bond acceptors (Lipinski definition) is 3. The number of halogens is 1. The highest BCUT2D eigenvalue weighted by atomic mass is 127. The molecule has 0 saturated carbocycles. The lowest BCUT2D eigenvalue weighted by Crippen LogP contribution is -2.40. The van der Waals surface area contributed by atoms with Crippen molar-refractivity contribution < 1.29 is 4.79 Å². The summed E-state index contributed by atoms with van der Waals surface area (Å²) in [6.07, 6.45) is 4.41. The molecule has 6 nitrogen and oxygen atoms in total. The number of benzene rings is 2. The van der Waals surface area contributed by atoms with Crippen LogP contribution in [0.2, 0.25) is 0 Å². The SMILES string of the molecule is CCNC(=NCc1ccccc1CN1CCCCC1C)NCC1CC(=O)Nc2ccccc21.I. The summed E-state index contributed by atoms with van der Waals surface area (Å²) in [4.78, 5) is 19.6. The topological polar surface area (TPSA) is 68.8 Å². The van der Waals surface area contributed by atoms with Crippen molar-refractivity contribution in [2.45, 2.75) is 64.6 Å². The van der Waals surface area contributed by atoms with Crippen LogP contribution in [0.1, 0.15) is 62.1 Å². The van der Waals surface area contributed by atoms with E-state index in [0.717, 1.165) is 24.7 Å². The molecule has 3 N–H and O–H groups in total. The molecule has 0 radical (unpaired) electrons. The molecule has 2 aromatic rings. The number of aliphatic imine (C=N–C) groups is 1. The van der Waals surface area contributed by atoms with Crippen molar-refractivity contribution in [1.29, 1.82) is 0 Å². The number of para-hydroxylation sites is 1. The molecule has 1 saturated heterocycles. The lowest BCUT2D eigenvalue weighted by molar-refractivity contribution is -0.116. The molecule has 7 heteroatoms. The Balaban J connectivity index is 0.00000324. The summed E-state index contributed by atoms with van der Waals surface area (Å²) < 4.78 is 0. The third kappa shape index (κ3) is 6.95. The highest BCUT2D eigenvalue weighted by molar-refractivity contribution is 14.0.